The van der Waals surface area contributed by atoms with Gasteiger partial charge in [0.15, 0.2) is 0 Å². The fraction of sp³-hybridized carbons (Fsp3) is 0.824. The molecule has 1 aliphatic carbocycles. The minimum Gasteiger partial charge on any atom is -0.463 e. The third-order valence-corrected chi connectivity index (χ3v) is 4.50. The van der Waals surface area contributed by atoms with E-state index in [2.05, 4.69) is 19.2 Å². The van der Waals surface area contributed by atoms with Crippen molar-refractivity contribution in [1.82, 2.24) is 5.32 Å². The first-order valence-corrected chi connectivity index (χ1v) is 8.70. The van der Waals surface area contributed by atoms with Crippen molar-refractivity contribution >= 4 is 5.97 Å². The van der Waals surface area contributed by atoms with Gasteiger partial charge in [0, 0.05) is 11.6 Å². The number of rotatable bonds is 8. The van der Waals surface area contributed by atoms with Crippen molar-refractivity contribution in [3.63, 3.8) is 0 Å². The monoisotopic (exact) mass is 326 g/mol. The Labute approximate surface area is 138 Å². The molecule has 0 bridgehead atoms. The lowest BCUT2D eigenvalue weighted by molar-refractivity contribution is -0.139. The lowest BCUT2D eigenvalue weighted by atomic mass is 9.88. The predicted octanol–water partition coefficient (Wildman–Crippen LogP) is 1.48. The van der Waals surface area contributed by atoms with Crippen molar-refractivity contribution in [3.8, 4) is 0 Å². The molecule has 5 atom stereocenters. The summed E-state index contributed by atoms with van der Waals surface area (Å²) in [5, 5.41) is 3.42. The van der Waals surface area contributed by atoms with E-state index in [1.807, 2.05) is 13.0 Å². The molecule has 0 spiro atoms. The minimum absolute atomic E-state index is 0.0244. The molecular formula is C17H30N2O4. The molecule has 6 heteroatoms. The van der Waals surface area contributed by atoms with Crippen molar-refractivity contribution in [2.24, 2.45) is 5.73 Å². The van der Waals surface area contributed by atoms with Gasteiger partial charge in [-0.25, -0.2) is 4.79 Å². The average Bonchev–Trinajstić information content (AvgIpc) is 3.22. The molecule has 2 rings (SSSR count). The van der Waals surface area contributed by atoms with Crippen molar-refractivity contribution in [3.05, 3.63) is 11.6 Å². The highest BCUT2D eigenvalue weighted by atomic mass is 16.6. The Hall–Kier alpha value is -0.950. The summed E-state index contributed by atoms with van der Waals surface area (Å²) in [6.07, 6.45) is 4.33. The fourth-order valence-electron chi connectivity index (χ4n) is 2.97. The van der Waals surface area contributed by atoms with Crippen LogP contribution >= 0.6 is 0 Å². The van der Waals surface area contributed by atoms with Crippen LogP contribution in [-0.4, -0.2) is 49.2 Å². The van der Waals surface area contributed by atoms with Crippen LogP contribution in [0.1, 0.15) is 47.0 Å². The minimum atomic E-state index is -0.296. The van der Waals surface area contributed by atoms with Gasteiger partial charge in [-0.2, -0.15) is 0 Å². The number of esters is 1. The van der Waals surface area contributed by atoms with Crippen molar-refractivity contribution in [2.45, 2.75) is 83.6 Å². The van der Waals surface area contributed by atoms with Crippen LogP contribution < -0.4 is 11.1 Å². The Kier molecular flexibility index (Phi) is 6.59. The average molecular weight is 326 g/mol. The summed E-state index contributed by atoms with van der Waals surface area (Å²) in [6.45, 7) is 8.37. The summed E-state index contributed by atoms with van der Waals surface area (Å²) in [5.74, 6) is -0.296. The summed E-state index contributed by atoms with van der Waals surface area (Å²) in [4.78, 5) is 12.1. The summed E-state index contributed by atoms with van der Waals surface area (Å²) in [5.41, 5.74) is 6.94. The third kappa shape index (κ3) is 4.76. The Morgan fingerprint density at radius 3 is 2.61 bits per heavy atom. The molecule has 0 amide bonds. The van der Waals surface area contributed by atoms with Gasteiger partial charge in [-0.3, -0.25) is 5.32 Å². The highest BCUT2D eigenvalue weighted by molar-refractivity contribution is 5.89. The van der Waals surface area contributed by atoms with Crippen LogP contribution in [0.3, 0.4) is 0 Å². The van der Waals surface area contributed by atoms with E-state index in [0.717, 1.165) is 12.8 Å². The summed E-state index contributed by atoms with van der Waals surface area (Å²) in [7, 11) is 0. The van der Waals surface area contributed by atoms with E-state index in [1.54, 1.807) is 6.92 Å². The molecule has 6 nitrogen and oxygen atoms in total. The van der Waals surface area contributed by atoms with E-state index in [4.69, 9.17) is 19.9 Å². The summed E-state index contributed by atoms with van der Waals surface area (Å²) < 4.78 is 16.8. The molecule has 1 aliphatic heterocycles. The molecule has 0 aromatic rings. The molecule has 0 aromatic heterocycles. The second-order valence-corrected chi connectivity index (χ2v) is 6.27. The normalized spacial score (nSPS) is 33.5. The van der Waals surface area contributed by atoms with E-state index >= 15 is 0 Å². The van der Waals surface area contributed by atoms with E-state index in [1.165, 1.54) is 0 Å². The molecule has 0 saturated carbocycles. The van der Waals surface area contributed by atoms with Gasteiger partial charge in [0.25, 0.3) is 0 Å². The first-order chi connectivity index (χ1) is 11.0. The Bertz CT molecular complexity index is 436. The summed E-state index contributed by atoms with van der Waals surface area (Å²) in [6, 6.07) is -0.279. The van der Waals surface area contributed by atoms with E-state index in [9.17, 15) is 4.79 Å². The molecule has 2 aliphatic rings. The molecule has 1 saturated heterocycles. The number of nitrogens with one attached hydrogen (secondary N) is 1. The van der Waals surface area contributed by atoms with Crippen LogP contribution in [0.4, 0.5) is 0 Å². The Balaban J connectivity index is 2.14. The van der Waals surface area contributed by atoms with Gasteiger partial charge in [0.1, 0.15) is 6.23 Å². The lowest BCUT2D eigenvalue weighted by Crippen LogP contribution is -2.57. The Morgan fingerprint density at radius 2 is 2.09 bits per heavy atom. The highest BCUT2D eigenvalue weighted by Gasteiger charge is 2.42. The van der Waals surface area contributed by atoms with E-state index < -0.39 is 0 Å². The van der Waals surface area contributed by atoms with Crippen LogP contribution in [-0.2, 0) is 19.0 Å². The smallest absolute Gasteiger partial charge is 0.333 e. The summed E-state index contributed by atoms with van der Waals surface area (Å²) >= 11 is 0. The van der Waals surface area contributed by atoms with Gasteiger partial charge in [0.05, 0.1) is 31.0 Å². The van der Waals surface area contributed by atoms with Gasteiger partial charge in [-0.15, -0.1) is 0 Å². The number of hydrogen-bond acceptors (Lipinski definition) is 6. The van der Waals surface area contributed by atoms with Gasteiger partial charge < -0.3 is 19.9 Å². The maximum Gasteiger partial charge on any atom is 0.333 e. The number of carbonyl (C=O) groups excluding carboxylic acids is 1. The van der Waals surface area contributed by atoms with Crippen LogP contribution in [0.5, 0.6) is 0 Å². The topological polar surface area (TPSA) is 86.1 Å². The second-order valence-electron chi connectivity index (χ2n) is 6.27. The molecule has 23 heavy (non-hydrogen) atoms. The number of nitrogens with two attached hydrogens (primary N) is 1. The van der Waals surface area contributed by atoms with Crippen LogP contribution in [0.2, 0.25) is 0 Å². The van der Waals surface area contributed by atoms with Crippen LogP contribution in [0, 0.1) is 0 Å². The van der Waals surface area contributed by atoms with Crippen LogP contribution in [0.25, 0.3) is 0 Å². The number of epoxide rings is 1. The SMILES string of the molecule is CCOC(=O)C1=C[C@@H](OC(CC)CC)[C@H](NC2OC2C)[C@@H](N)C1. The molecule has 3 N–H and O–H groups in total. The predicted molar refractivity (Wildman–Crippen MR) is 87.8 cm³/mol. The third-order valence-electron chi connectivity index (χ3n) is 4.50. The largest absolute Gasteiger partial charge is 0.463 e. The number of hydrogen-bond donors (Lipinski definition) is 2. The zero-order valence-corrected chi connectivity index (χ0v) is 14.6. The van der Waals surface area contributed by atoms with Gasteiger partial charge in [-0.05, 0) is 39.2 Å². The molecular weight excluding hydrogens is 296 g/mol. The van der Waals surface area contributed by atoms with E-state index in [0.29, 0.717) is 18.6 Å². The molecule has 0 aromatic carbocycles. The van der Waals surface area contributed by atoms with Gasteiger partial charge in [-0.1, -0.05) is 13.8 Å². The molecule has 132 valence electrons. The van der Waals surface area contributed by atoms with Crippen LogP contribution in [0.15, 0.2) is 11.6 Å². The first kappa shape index (κ1) is 18.4. The maximum absolute atomic E-state index is 12.1. The standard InChI is InChI=1S/C17H30N2O4/c1-5-12(6-2)23-14-9-11(17(20)21-7-3)8-13(18)15(14)19-16-10(4)22-16/h9-10,12-16,19H,5-8,18H2,1-4H3/t10?,13-,14+,15+,16?/m0/s1. The second kappa shape index (κ2) is 8.24. The number of ether oxygens (including phenoxy) is 3. The van der Waals surface area contributed by atoms with E-state index in [-0.39, 0.29) is 42.6 Å². The molecule has 0 radical (unpaired) electrons. The van der Waals surface area contributed by atoms with Crippen molar-refractivity contribution in [1.29, 1.82) is 0 Å². The molecule has 1 heterocycles. The van der Waals surface area contributed by atoms with Gasteiger partial charge >= 0.3 is 5.97 Å². The van der Waals surface area contributed by atoms with Gasteiger partial charge in [0.2, 0.25) is 0 Å². The quantitative estimate of drug-likeness (QED) is 0.519. The maximum atomic E-state index is 12.1. The molecule has 2 unspecified atom stereocenters. The zero-order chi connectivity index (χ0) is 17.0. The highest BCUT2D eigenvalue weighted by Crippen LogP contribution is 2.27. The molecule has 1 fully saturated rings. The lowest BCUT2D eigenvalue weighted by Gasteiger charge is -2.36. The van der Waals surface area contributed by atoms with Crippen molar-refractivity contribution in [2.75, 3.05) is 6.61 Å². The Morgan fingerprint density at radius 1 is 1.43 bits per heavy atom. The fourth-order valence-corrected chi connectivity index (χ4v) is 2.97. The first-order valence-electron chi connectivity index (χ1n) is 8.70. The zero-order valence-electron chi connectivity index (χ0n) is 14.6. The van der Waals surface area contributed by atoms with Crippen molar-refractivity contribution < 1.29 is 19.0 Å². The number of carbonyl (C=O) groups is 1.